The summed E-state index contributed by atoms with van der Waals surface area (Å²) in [7, 11) is 3.89. The molecular formula is C18H25N5O2. The maximum absolute atomic E-state index is 12.6. The molecule has 25 heavy (non-hydrogen) atoms. The van der Waals surface area contributed by atoms with Crippen LogP contribution in [-0.4, -0.2) is 67.2 Å². The molecule has 7 heteroatoms. The molecule has 1 saturated heterocycles. The third-order valence-corrected chi connectivity index (χ3v) is 5.37. The molecule has 4 rings (SSSR count). The predicted molar refractivity (Wildman–Crippen MR) is 94.4 cm³/mol. The topological polar surface area (TPSA) is 70.6 Å². The SMILES string of the molecule is CN(C)c1ncc2c(n1)C1(CCN(C(=O)C3C=CCN3)CC1)OCC2. The van der Waals surface area contributed by atoms with Crippen LogP contribution >= 0.6 is 0 Å². The smallest absolute Gasteiger partial charge is 0.243 e. The highest BCUT2D eigenvalue weighted by Gasteiger charge is 2.44. The van der Waals surface area contributed by atoms with Gasteiger partial charge in [0.25, 0.3) is 0 Å². The molecule has 1 N–H and O–H groups in total. The van der Waals surface area contributed by atoms with Crippen molar-refractivity contribution in [2.75, 3.05) is 45.2 Å². The van der Waals surface area contributed by atoms with Crippen LogP contribution in [0.1, 0.15) is 24.1 Å². The lowest BCUT2D eigenvalue weighted by atomic mass is 9.83. The Labute approximate surface area is 148 Å². The van der Waals surface area contributed by atoms with Gasteiger partial charge in [0.1, 0.15) is 11.6 Å². The molecule has 0 aliphatic carbocycles. The van der Waals surface area contributed by atoms with Crippen LogP contribution in [0.15, 0.2) is 18.3 Å². The van der Waals surface area contributed by atoms with Crippen LogP contribution in [0, 0.1) is 0 Å². The third kappa shape index (κ3) is 2.91. The minimum Gasteiger partial charge on any atom is -0.368 e. The van der Waals surface area contributed by atoms with Crippen molar-refractivity contribution in [3.63, 3.8) is 0 Å². The van der Waals surface area contributed by atoms with E-state index < -0.39 is 0 Å². The van der Waals surface area contributed by atoms with Crippen LogP contribution in [0.25, 0.3) is 0 Å². The van der Waals surface area contributed by atoms with E-state index in [4.69, 9.17) is 9.72 Å². The zero-order chi connectivity index (χ0) is 17.4. The molecule has 1 aromatic rings. The number of carbonyl (C=O) groups excluding carboxylic acids is 1. The molecule has 0 aromatic carbocycles. The molecule has 1 aromatic heterocycles. The normalized spacial score (nSPS) is 24.4. The van der Waals surface area contributed by atoms with Crippen molar-refractivity contribution in [2.45, 2.75) is 30.9 Å². The van der Waals surface area contributed by atoms with Crippen LogP contribution in [0.5, 0.6) is 0 Å². The Morgan fingerprint density at radius 1 is 1.40 bits per heavy atom. The quantitative estimate of drug-likeness (QED) is 0.787. The molecule has 0 saturated carbocycles. The maximum atomic E-state index is 12.6. The number of hydrogen-bond acceptors (Lipinski definition) is 6. The number of nitrogens with zero attached hydrogens (tertiary/aromatic N) is 4. The molecule has 3 aliphatic rings. The lowest BCUT2D eigenvalue weighted by Gasteiger charge is -2.44. The number of nitrogens with one attached hydrogen (secondary N) is 1. The largest absolute Gasteiger partial charge is 0.368 e. The van der Waals surface area contributed by atoms with E-state index in [1.54, 1.807) is 0 Å². The Bertz CT molecular complexity index is 695. The number of aromatic nitrogens is 2. The van der Waals surface area contributed by atoms with Gasteiger partial charge in [-0.25, -0.2) is 9.97 Å². The summed E-state index contributed by atoms with van der Waals surface area (Å²) in [5, 5.41) is 3.20. The minimum absolute atomic E-state index is 0.163. The van der Waals surface area contributed by atoms with Gasteiger partial charge in [-0.15, -0.1) is 0 Å². The van der Waals surface area contributed by atoms with Gasteiger partial charge < -0.3 is 14.5 Å². The van der Waals surface area contributed by atoms with Crippen LogP contribution in [0.4, 0.5) is 5.95 Å². The van der Waals surface area contributed by atoms with Crippen molar-refractivity contribution in [1.82, 2.24) is 20.2 Å². The van der Waals surface area contributed by atoms with Gasteiger partial charge in [-0.1, -0.05) is 12.2 Å². The van der Waals surface area contributed by atoms with E-state index in [0.29, 0.717) is 25.6 Å². The highest BCUT2D eigenvalue weighted by molar-refractivity contribution is 5.84. The zero-order valence-corrected chi connectivity index (χ0v) is 14.9. The summed E-state index contributed by atoms with van der Waals surface area (Å²) in [4.78, 5) is 25.7. The first-order chi connectivity index (χ1) is 12.1. The molecule has 0 bridgehead atoms. The maximum Gasteiger partial charge on any atom is 0.243 e. The number of ether oxygens (including phenoxy) is 1. The molecule has 1 atom stereocenters. The molecule has 0 radical (unpaired) electrons. The second kappa shape index (κ2) is 6.38. The first kappa shape index (κ1) is 16.5. The van der Waals surface area contributed by atoms with Gasteiger partial charge in [-0.3, -0.25) is 10.1 Å². The van der Waals surface area contributed by atoms with E-state index in [2.05, 4.69) is 10.3 Å². The van der Waals surface area contributed by atoms with E-state index in [1.807, 2.05) is 42.2 Å². The summed E-state index contributed by atoms with van der Waals surface area (Å²) in [5.41, 5.74) is 1.82. The Kier molecular flexibility index (Phi) is 4.21. The van der Waals surface area contributed by atoms with Crippen molar-refractivity contribution in [3.8, 4) is 0 Å². The van der Waals surface area contributed by atoms with Gasteiger partial charge in [0.05, 0.1) is 12.3 Å². The number of carbonyl (C=O) groups is 1. The standard InChI is InChI=1S/C18H25N5O2/c1-22(2)17-20-12-13-5-11-25-18(15(13)21-17)6-9-23(10-7-18)16(24)14-4-3-8-19-14/h3-4,12,14,19H,5-11H2,1-2H3. The second-order valence-electron chi connectivity index (χ2n) is 7.17. The average molecular weight is 343 g/mol. The number of rotatable bonds is 2. The lowest BCUT2D eigenvalue weighted by molar-refractivity contribution is -0.142. The zero-order valence-electron chi connectivity index (χ0n) is 14.9. The summed E-state index contributed by atoms with van der Waals surface area (Å²) in [6, 6.07) is -0.170. The first-order valence-electron chi connectivity index (χ1n) is 8.96. The highest BCUT2D eigenvalue weighted by Crippen LogP contribution is 2.40. The lowest BCUT2D eigenvalue weighted by Crippen LogP contribution is -2.52. The molecule has 1 fully saturated rings. The molecule has 1 amide bonds. The molecular weight excluding hydrogens is 318 g/mol. The van der Waals surface area contributed by atoms with E-state index in [9.17, 15) is 4.79 Å². The van der Waals surface area contributed by atoms with Crippen molar-refractivity contribution < 1.29 is 9.53 Å². The fourth-order valence-corrected chi connectivity index (χ4v) is 3.92. The summed E-state index contributed by atoms with van der Waals surface area (Å²) in [6.45, 7) is 2.87. The summed E-state index contributed by atoms with van der Waals surface area (Å²) in [5.74, 6) is 0.874. The molecule has 3 aliphatic heterocycles. The molecule has 7 nitrogen and oxygen atoms in total. The number of likely N-dealkylation sites (tertiary alicyclic amines) is 1. The van der Waals surface area contributed by atoms with Crippen molar-refractivity contribution in [3.05, 3.63) is 29.6 Å². The van der Waals surface area contributed by atoms with Gasteiger partial charge in [0.2, 0.25) is 11.9 Å². The van der Waals surface area contributed by atoms with Crippen molar-refractivity contribution in [2.24, 2.45) is 0 Å². The number of anilines is 1. The highest BCUT2D eigenvalue weighted by atomic mass is 16.5. The Balaban J connectivity index is 1.54. The van der Waals surface area contributed by atoms with E-state index in [-0.39, 0.29) is 17.6 Å². The fraction of sp³-hybridized carbons (Fsp3) is 0.611. The number of amides is 1. The van der Waals surface area contributed by atoms with Crippen LogP contribution in [0.2, 0.25) is 0 Å². The van der Waals surface area contributed by atoms with Crippen LogP contribution < -0.4 is 10.2 Å². The van der Waals surface area contributed by atoms with E-state index >= 15 is 0 Å². The first-order valence-corrected chi connectivity index (χ1v) is 8.96. The summed E-state index contributed by atoms with van der Waals surface area (Å²) in [6.07, 6.45) is 8.32. The Morgan fingerprint density at radius 2 is 2.20 bits per heavy atom. The van der Waals surface area contributed by atoms with Gasteiger partial charge in [0, 0.05) is 39.9 Å². The van der Waals surface area contributed by atoms with Crippen LogP contribution in [-0.2, 0) is 21.6 Å². The molecule has 134 valence electrons. The predicted octanol–water partition coefficient (Wildman–Crippen LogP) is 0.461. The van der Waals surface area contributed by atoms with Gasteiger partial charge >= 0.3 is 0 Å². The van der Waals surface area contributed by atoms with Gasteiger partial charge in [0.15, 0.2) is 0 Å². The van der Waals surface area contributed by atoms with Crippen molar-refractivity contribution >= 4 is 11.9 Å². The number of piperidine rings is 1. The molecule has 1 unspecified atom stereocenters. The summed E-state index contributed by atoms with van der Waals surface area (Å²) < 4.78 is 6.24. The van der Waals surface area contributed by atoms with E-state index in [0.717, 1.165) is 31.5 Å². The monoisotopic (exact) mass is 343 g/mol. The molecule has 1 spiro atoms. The second-order valence-corrected chi connectivity index (χ2v) is 7.17. The number of hydrogen-bond donors (Lipinski definition) is 1. The average Bonchev–Trinajstić information content (AvgIpc) is 3.16. The Hall–Kier alpha value is -1.99. The van der Waals surface area contributed by atoms with Crippen molar-refractivity contribution in [1.29, 1.82) is 0 Å². The van der Waals surface area contributed by atoms with Gasteiger partial charge in [-0.05, 0) is 24.8 Å². The van der Waals surface area contributed by atoms with Crippen LogP contribution in [0.3, 0.4) is 0 Å². The van der Waals surface area contributed by atoms with Gasteiger partial charge in [-0.2, -0.15) is 0 Å². The Morgan fingerprint density at radius 3 is 2.88 bits per heavy atom. The summed E-state index contributed by atoms with van der Waals surface area (Å²) >= 11 is 0. The third-order valence-electron chi connectivity index (χ3n) is 5.37. The fourth-order valence-electron chi connectivity index (χ4n) is 3.92. The minimum atomic E-state index is -0.378. The molecule has 4 heterocycles. The number of fused-ring (bicyclic) bond motifs is 2. The van der Waals surface area contributed by atoms with E-state index in [1.165, 1.54) is 5.56 Å².